The van der Waals surface area contributed by atoms with E-state index < -0.39 is 5.97 Å². The van der Waals surface area contributed by atoms with Crippen LogP contribution in [0.15, 0.2) is 6.07 Å². The van der Waals surface area contributed by atoms with E-state index in [0.29, 0.717) is 6.54 Å². The van der Waals surface area contributed by atoms with Gasteiger partial charge in [-0.3, -0.25) is 14.4 Å². The lowest BCUT2D eigenvalue weighted by molar-refractivity contribution is -0.138. The number of rotatable bonds is 7. The molecule has 0 aromatic carbocycles. The van der Waals surface area contributed by atoms with Gasteiger partial charge in [-0.1, -0.05) is 13.8 Å². The summed E-state index contributed by atoms with van der Waals surface area (Å²) in [7, 11) is 0. The first kappa shape index (κ1) is 13.7. The second kappa shape index (κ2) is 6.39. The van der Waals surface area contributed by atoms with Crippen molar-refractivity contribution in [1.29, 1.82) is 0 Å². The lowest BCUT2D eigenvalue weighted by Gasteiger charge is -2.18. The highest BCUT2D eigenvalue weighted by molar-refractivity contribution is 5.69. The number of aromatic nitrogens is 2. The fourth-order valence-electron chi connectivity index (χ4n) is 1.79. The summed E-state index contributed by atoms with van der Waals surface area (Å²) in [6.45, 7) is 8.35. The lowest BCUT2D eigenvalue weighted by Crippen LogP contribution is -2.30. The largest absolute Gasteiger partial charge is 0.480 e. The van der Waals surface area contributed by atoms with Crippen molar-refractivity contribution in [2.45, 2.75) is 40.3 Å². The van der Waals surface area contributed by atoms with Crippen molar-refractivity contribution >= 4 is 5.97 Å². The Balaban J connectivity index is 2.77. The zero-order chi connectivity index (χ0) is 12.8. The molecule has 0 unspecified atom stereocenters. The molecule has 0 saturated carbocycles. The van der Waals surface area contributed by atoms with Crippen LogP contribution < -0.4 is 0 Å². The number of aliphatic carboxylic acids is 1. The number of carbonyl (C=O) groups is 1. The van der Waals surface area contributed by atoms with Crippen molar-refractivity contribution < 1.29 is 9.90 Å². The molecule has 0 amide bonds. The third-order valence-electron chi connectivity index (χ3n) is 2.77. The van der Waals surface area contributed by atoms with E-state index in [2.05, 4.69) is 18.1 Å². The first-order valence-corrected chi connectivity index (χ1v) is 6.10. The van der Waals surface area contributed by atoms with Crippen LogP contribution >= 0.6 is 0 Å². The van der Waals surface area contributed by atoms with Crippen molar-refractivity contribution in [2.75, 3.05) is 13.1 Å². The van der Waals surface area contributed by atoms with E-state index in [1.807, 2.05) is 23.4 Å². The maximum absolute atomic E-state index is 10.7. The second-order valence-electron chi connectivity index (χ2n) is 3.99. The molecule has 1 aromatic rings. The summed E-state index contributed by atoms with van der Waals surface area (Å²) in [5.41, 5.74) is 2.15. The van der Waals surface area contributed by atoms with Gasteiger partial charge in [0.1, 0.15) is 0 Å². The van der Waals surface area contributed by atoms with Crippen molar-refractivity contribution in [2.24, 2.45) is 0 Å². The summed E-state index contributed by atoms with van der Waals surface area (Å²) < 4.78 is 1.95. The van der Waals surface area contributed by atoms with Crippen LogP contribution in [0.1, 0.15) is 32.2 Å². The smallest absolute Gasteiger partial charge is 0.317 e. The molecule has 0 aliphatic rings. The molecule has 96 valence electrons. The van der Waals surface area contributed by atoms with Crippen LogP contribution in [-0.2, 0) is 24.3 Å². The van der Waals surface area contributed by atoms with Crippen molar-refractivity contribution in [1.82, 2.24) is 14.7 Å². The monoisotopic (exact) mass is 239 g/mol. The molecule has 1 rings (SSSR count). The molecular weight excluding hydrogens is 218 g/mol. The average molecular weight is 239 g/mol. The molecule has 0 saturated heterocycles. The van der Waals surface area contributed by atoms with Gasteiger partial charge in [0.2, 0.25) is 0 Å². The zero-order valence-electron chi connectivity index (χ0n) is 10.8. The van der Waals surface area contributed by atoms with Gasteiger partial charge in [0.25, 0.3) is 0 Å². The topological polar surface area (TPSA) is 58.4 Å². The number of carboxylic acids is 1. The van der Waals surface area contributed by atoms with Crippen LogP contribution in [-0.4, -0.2) is 38.8 Å². The minimum absolute atomic E-state index is 0.0762. The van der Waals surface area contributed by atoms with Crippen molar-refractivity contribution in [3.8, 4) is 0 Å². The van der Waals surface area contributed by atoms with Gasteiger partial charge in [-0.05, 0) is 26.0 Å². The Kier molecular flexibility index (Phi) is 5.15. The van der Waals surface area contributed by atoms with Crippen LogP contribution in [0.3, 0.4) is 0 Å². The van der Waals surface area contributed by atoms with E-state index >= 15 is 0 Å². The highest BCUT2D eigenvalue weighted by Gasteiger charge is 2.12. The molecule has 0 bridgehead atoms. The Morgan fingerprint density at radius 2 is 2.18 bits per heavy atom. The number of likely N-dealkylation sites (N-methyl/N-ethyl adjacent to an activating group) is 1. The van der Waals surface area contributed by atoms with Crippen LogP contribution in [0, 0.1) is 0 Å². The standard InChI is InChI=1S/C12H21N3O2/c1-4-10-7-11(15(6-3)13-10)8-14(5-2)9-12(16)17/h7H,4-6,8-9H2,1-3H3,(H,16,17). The van der Waals surface area contributed by atoms with E-state index in [0.717, 1.165) is 30.9 Å². The number of hydrogen-bond donors (Lipinski definition) is 1. The van der Waals surface area contributed by atoms with Crippen LogP contribution in [0.2, 0.25) is 0 Å². The summed E-state index contributed by atoms with van der Waals surface area (Å²) in [5, 5.41) is 13.3. The SMILES string of the molecule is CCc1cc(CN(CC)CC(=O)O)n(CC)n1. The normalized spacial score (nSPS) is 11.1. The molecule has 1 heterocycles. The Morgan fingerprint density at radius 1 is 1.47 bits per heavy atom. The van der Waals surface area contributed by atoms with Gasteiger partial charge in [-0.25, -0.2) is 0 Å². The fourth-order valence-corrected chi connectivity index (χ4v) is 1.79. The van der Waals surface area contributed by atoms with E-state index in [4.69, 9.17) is 5.11 Å². The van der Waals surface area contributed by atoms with E-state index in [1.54, 1.807) is 0 Å². The van der Waals surface area contributed by atoms with Gasteiger partial charge < -0.3 is 5.11 Å². The number of aryl methyl sites for hydroxylation is 2. The molecule has 0 radical (unpaired) electrons. The molecule has 0 aliphatic carbocycles. The molecule has 0 spiro atoms. The van der Waals surface area contributed by atoms with E-state index in [9.17, 15) is 4.79 Å². The molecule has 5 heteroatoms. The van der Waals surface area contributed by atoms with Gasteiger partial charge in [0.05, 0.1) is 17.9 Å². The van der Waals surface area contributed by atoms with Crippen LogP contribution in [0.25, 0.3) is 0 Å². The van der Waals surface area contributed by atoms with Gasteiger partial charge in [0, 0.05) is 13.1 Å². The highest BCUT2D eigenvalue weighted by Crippen LogP contribution is 2.08. The van der Waals surface area contributed by atoms with Crippen LogP contribution in [0.5, 0.6) is 0 Å². The third-order valence-corrected chi connectivity index (χ3v) is 2.77. The predicted molar refractivity (Wildman–Crippen MR) is 65.9 cm³/mol. The van der Waals surface area contributed by atoms with Crippen LogP contribution in [0.4, 0.5) is 0 Å². The number of nitrogens with zero attached hydrogens (tertiary/aromatic N) is 3. The minimum atomic E-state index is -0.787. The molecule has 1 aromatic heterocycles. The number of hydrogen-bond acceptors (Lipinski definition) is 3. The molecule has 0 fully saturated rings. The van der Waals surface area contributed by atoms with Crippen molar-refractivity contribution in [3.05, 3.63) is 17.5 Å². The van der Waals surface area contributed by atoms with Gasteiger partial charge >= 0.3 is 5.97 Å². The zero-order valence-corrected chi connectivity index (χ0v) is 10.8. The molecule has 17 heavy (non-hydrogen) atoms. The van der Waals surface area contributed by atoms with Gasteiger partial charge in [-0.15, -0.1) is 0 Å². The molecule has 5 nitrogen and oxygen atoms in total. The van der Waals surface area contributed by atoms with E-state index in [1.165, 1.54) is 0 Å². The van der Waals surface area contributed by atoms with Crippen molar-refractivity contribution in [3.63, 3.8) is 0 Å². The lowest BCUT2D eigenvalue weighted by atomic mass is 10.3. The summed E-state index contributed by atoms with van der Waals surface area (Å²) in [6.07, 6.45) is 0.908. The predicted octanol–water partition coefficient (Wildman–Crippen LogP) is 1.37. The quantitative estimate of drug-likeness (QED) is 0.780. The maximum Gasteiger partial charge on any atom is 0.317 e. The summed E-state index contributed by atoms with van der Waals surface area (Å²) in [5.74, 6) is -0.787. The molecule has 1 N–H and O–H groups in total. The Labute approximate surface area is 102 Å². The van der Waals surface area contributed by atoms with E-state index in [-0.39, 0.29) is 6.54 Å². The highest BCUT2D eigenvalue weighted by atomic mass is 16.4. The number of carboxylic acid groups (broad SMARTS) is 1. The Morgan fingerprint density at radius 3 is 2.65 bits per heavy atom. The fraction of sp³-hybridized carbons (Fsp3) is 0.667. The maximum atomic E-state index is 10.7. The Bertz CT molecular complexity index is 374. The molecule has 0 atom stereocenters. The van der Waals surface area contributed by atoms with Gasteiger partial charge in [-0.2, -0.15) is 5.10 Å². The first-order chi connectivity index (χ1) is 8.10. The minimum Gasteiger partial charge on any atom is -0.480 e. The Hall–Kier alpha value is -1.36. The summed E-state index contributed by atoms with van der Waals surface area (Å²) in [4.78, 5) is 12.6. The van der Waals surface area contributed by atoms with Gasteiger partial charge in [0.15, 0.2) is 0 Å². The summed E-state index contributed by atoms with van der Waals surface area (Å²) >= 11 is 0. The first-order valence-electron chi connectivity index (χ1n) is 6.10. The third kappa shape index (κ3) is 3.85. The molecular formula is C12H21N3O2. The average Bonchev–Trinajstić information content (AvgIpc) is 2.69. The second-order valence-corrected chi connectivity index (χ2v) is 3.99. The summed E-state index contributed by atoms with van der Waals surface area (Å²) in [6, 6.07) is 2.06. The molecule has 0 aliphatic heterocycles.